The molecular weight excluding hydrogens is 374 g/mol. The van der Waals surface area contributed by atoms with Gasteiger partial charge in [0.25, 0.3) is 0 Å². The number of likely N-dealkylation sites (tertiary alicyclic amines) is 1. The highest BCUT2D eigenvalue weighted by atomic mass is 35.5. The van der Waals surface area contributed by atoms with E-state index in [1.165, 1.54) is 32.1 Å². The van der Waals surface area contributed by atoms with Gasteiger partial charge in [-0.2, -0.15) is 0 Å². The Morgan fingerprint density at radius 2 is 1.89 bits per heavy atom. The molecule has 0 radical (unpaired) electrons. The van der Waals surface area contributed by atoms with Gasteiger partial charge in [-0.15, -0.1) is 0 Å². The van der Waals surface area contributed by atoms with E-state index < -0.39 is 6.04 Å². The Balaban J connectivity index is 1.60. The second kappa shape index (κ2) is 9.64. The highest BCUT2D eigenvalue weighted by Gasteiger charge is 2.42. The number of benzene rings is 1. The predicted molar refractivity (Wildman–Crippen MR) is 112 cm³/mol. The first-order chi connectivity index (χ1) is 13.5. The maximum absolute atomic E-state index is 12.9. The fourth-order valence-electron chi connectivity index (χ4n) is 4.95. The van der Waals surface area contributed by atoms with E-state index in [1.807, 2.05) is 29.2 Å². The molecule has 1 saturated heterocycles. The summed E-state index contributed by atoms with van der Waals surface area (Å²) in [6.07, 6.45) is 8.56. The summed E-state index contributed by atoms with van der Waals surface area (Å²) in [5.74, 6) is 0.614. The summed E-state index contributed by atoms with van der Waals surface area (Å²) in [5.41, 5.74) is 16.1. The smallest absolute Gasteiger partial charge is 0.239 e. The van der Waals surface area contributed by atoms with E-state index in [2.05, 4.69) is 10.0 Å². The van der Waals surface area contributed by atoms with Crippen molar-refractivity contribution in [2.75, 3.05) is 19.6 Å². The lowest BCUT2D eigenvalue weighted by Crippen LogP contribution is -2.52. The number of nitrogens with two attached hydrogens (primary N) is 1. The second-order valence-corrected chi connectivity index (χ2v) is 8.79. The van der Waals surface area contributed by atoms with Crippen molar-refractivity contribution in [3.05, 3.63) is 45.3 Å². The van der Waals surface area contributed by atoms with E-state index in [0.717, 1.165) is 18.4 Å². The molecule has 6 nitrogen and oxygen atoms in total. The van der Waals surface area contributed by atoms with Crippen LogP contribution in [0.25, 0.3) is 10.4 Å². The van der Waals surface area contributed by atoms with Crippen LogP contribution in [0.4, 0.5) is 0 Å². The normalized spacial score (nSPS) is 21.0. The molecule has 1 atom stereocenters. The highest BCUT2D eigenvalue weighted by molar-refractivity contribution is 6.30. The molecule has 1 saturated carbocycles. The first kappa shape index (κ1) is 21.0. The van der Waals surface area contributed by atoms with E-state index in [0.29, 0.717) is 37.0 Å². The molecule has 0 aromatic heterocycles. The first-order valence-electron chi connectivity index (χ1n) is 10.3. The Morgan fingerprint density at radius 1 is 1.25 bits per heavy atom. The lowest BCUT2D eigenvalue weighted by Gasteiger charge is -2.47. The van der Waals surface area contributed by atoms with Gasteiger partial charge >= 0.3 is 0 Å². The third-order valence-corrected chi connectivity index (χ3v) is 6.93. The van der Waals surface area contributed by atoms with Crippen molar-refractivity contribution >= 4 is 17.5 Å². The molecule has 1 amide bonds. The van der Waals surface area contributed by atoms with Gasteiger partial charge in [0, 0.05) is 29.6 Å². The number of azide groups is 1. The average molecular weight is 404 g/mol. The Morgan fingerprint density at radius 3 is 2.50 bits per heavy atom. The Hall–Kier alpha value is -1.75. The molecule has 1 heterocycles. The van der Waals surface area contributed by atoms with Crippen LogP contribution in [0.15, 0.2) is 29.4 Å². The van der Waals surface area contributed by atoms with Crippen LogP contribution in [-0.2, 0) is 11.2 Å². The van der Waals surface area contributed by atoms with Crippen LogP contribution in [0.3, 0.4) is 0 Å². The quantitative estimate of drug-likeness (QED) is 0.423. The van der Waals surface area contributed by atoms with Gasteiger partial charge in [-0.1, -0.05) is 48.1 Å². The molecule has 152 valence electrons. The molecule has 0 unspecified atom stereocenters. The summed E-state index contributed by atoms with van der Waals surface area (Å²) in [5, 5.41) is 4.63. The highest BCUT2D eigenvalue weighted by Crippen LogP contribution is 2.46. The van der Waals surface area contributed by atoms with Gasteiger partial charge in [0.15, 0.2) is 0 Å². The van der Waals surface area contributed by atoms with Gasteiger partial charge in [-0.25, -0.2) is 0 Å². The fraction of sp³-hybridized carbons (Fsp3) is 0.667. The van der Waals surface area contributed by atoms with Crippen molar-refractivity contribution in [1.29, 1.82) is 0 Å². The molecule has 1 aromatic rings. The monoisotopic (exact) mass is 403 g/mol. The van der Waals surface area contributed by atoms with E-state index in [1.54, 1.807) is 0 Å². The number of hydrogen-bond acceptors (Lipinski definition) is 3. The summed E-state index contributed by atoms with van der Waals surface area (Å²) < 4.78 is 0. The minimum absolute atomic E-state index is 0.0102. The summed E-state index contributed by atoms with van der Waals surface area (Å²) in [7, 11) is 0. The number of nitrogens with zero attached hydrogens (tertiary/aromatic N) is 4. The van der Waals surface area contributed by atoms with Crippen molar-refractivity contribution in [2.45, 2.75) is 57.4 Å². The van der Waals surface area contributed by atoms with Crippen LogP contribution in [0.5, 0.6) is 0 Å². The van der Waals surface area contributed by atoms with Gasteiger partial charge in [0.2, 0.25) is 5.91 Å². The number of rotatable bonds is 6. The summed E-state index contributed by atoms with van der Waals surface area (Å²) in [6.45, 7) is 1.95. The maximum Gasteiger partial charge on any atom is 0.239 e. The minimum Gasteiger partial charge on any atom is -0.341 e. The standard InChI is InChI=1S/C21H30ClN5O/c22-18-8-6-16(7-9-18)14-19(23)20(28)27-12-10-21(11-13-27,15-25-26-24)17-4-2-1-3-5-17/h6-9,17,19H,1-5,10-15,23H2/t19-/m1/s1. The first-order valence-corrected chi connectivity index (χ1v) is 10.7. The lowest BCUT2D eigenvalue weighted by atomic mass is 9.64. The second-order valence-electron chi connectivity index (χ2n) is 8.35. The Bertz CT molecular complexity index is 702. The zero-order valence-electron chi connectivity index (χ0n) is 16.4. The van der Waals surface area contributed by atoms with Crippen LogP contribution >= 0.6 is 11.6 Å². The van der Waals surface area contributed by atoms with E-state index >= 15 is 0 Å². The largest absolute Gasteiger partial charge is 0.341 e. The minimum atomic E-state index is -0.541. The summed E-state index contributed by atoms with van der Waals surface area (Å²) in [4.78, 5) is 17.8. The van der Waals surface area contributed by atoms with E-state index in [4.69, 9.17) is 22.9 Å². The van der Waals surface area contributed by atoms with Gasteiger partial charge < -0.3 is 10.6 Å². The topological polar surface area (TPSA) is 95.1 Å². The SMILES string of the molecule is [N-]=[N+]=NCC1(C2CCCCC2)CCN(C(=O)[C@H](N)Cc2ccc(Cl)cc2)CC1. The van der Waals surface area contributed by atoms with Crippen LogP contribution in [0.2, 0.25) is 5.02 Å². The molecule has 3 rings (SSSR count). The predicted octanol–water partition coefficient (Wildman–Crippen LogP) is 4.71. The summed E-state index contributed by atoms with van der Waals surface area (Å²) in [6, 6.07) is 6.94. The van der Waals surface area contributed by atoms with Crippen molar-refractivity contribution in [2.24, 2.45) is 22.2 Å². The van der Waals surface area contributed by atoms with E-state index in [-0.39, 0.29) is 11.3 Å². The van der Waals surface area contributed by atoms with Gasteiger partial charge in [-0.3, -0.25) is 4.79 Å². The molecule has 0 bridgehead atoms. The molecule has 0 spiro atoms. The number of carbonyl (C=O) groups is 1. The molecule has 7 heteroatoms. The third kappa shape index (κ3) is 4.99. The van der Waals surface area contributed by atoms with Crippen molar-refractivity contribution in [1.82, 2.24) is 4.90 Å². The lowest BCUT2D eigenvalue weighted by molar-refractivity contribution is -0.135. The number of halogens is 1. The molecule has 2 fully saturated rings. The van der Waals surface area contributed by atoms with Crippen LogP contribution in [0, 0.1) is 11.3 Å². The summed E-state index contributed by atoms with van der Waals surface area (Å²) >= 11 is 5.92. The van der Waals surface area contributed by atoms with Gasteiger partial charge in [0.1, 0.15) is 0 Å². The van der Waals surface area contributed by atoms with Crippen LogP contribution in [-0.4, -0.2) is 36.5 Å². The van der Waals surface area contributed by atoms with Crippen molar-refractivity contribution in [3.8, 4) is 0 Å². The Labute approximate surface area is 172 Å². The molecule has 28 heavy (non-hydrogen) atoms. The van der Waals surface area contributed by atoms with Gasteiger partial charge in [0.05, 0.1) is 6.04 Å². The van der Waals surface area contributed by atoms with E-state index in [9.17, 15) is 4.79 Å². The number of amides is 1. The maximum atomic E-state index is 12.9. The van der Waals surface area contributed by atoms with Crippen LogP contribution < -0.4 is 5.73 Å². The molecule has 2 N–H and O–H groups in total. The third-order valence-electron chi connectivity index (χ3n) is 6.68. The average Bonchev–Trinajstić information content (AvgIpc) is 2.74. The Kier molecular flexibility index (Phi) is 7.22. The molecule has 2 aliphatic rings. The van der Waals surface area contributed by atoms with Crippen molar-refractivity contribution < 1.29 is 4.79 Å². The van der Waals surface area contributed by atoms with Gasteiger partial charge in [-0.05, 0) is 66.7 Å². The van der Waals surface area contributed by atoms with Crippen LogP contribution in [0.1, 0.15) is 50.5 Å². The van der Waals surface area contributed by atoms with Crippen molar-refractivity contribution in [3.63, 3.8) is 0 Å². The molecule has 1 aliphatic carbocycles. The number of piperidine rings is 1. The molecule has 1 aliphatic heterocycles. The molecule has 1 aromatic carbocycles. The fourth-order valence-corrected chi connectivity index (χ4v) is 5.08. The number of carbonyl (C=O) groups excluding carboxylic acids is 1. The number of hydrogen-bond donors (Lipinski definition) is 1. The molecular formula is C21H30ClN5O. The zero-order chi connectivity index (χ0) is 20.0. The zero-order valence-corrected chi connectivity index (χ0v) is 17.2.